The Morgan fingerprint density at radius 2 is 2.14 bits per heavy atom. The average Bonchev–Trinajstić information content (AvgIpc) is 2.95. The molecule has 0 radical (unpaired) electrons. The molecule has 1 aromatic carbocycles. The van der Waals surface area contributed by atoms with Crippen LogP contribution in [0.3, 0.4) is 0 Å². The van der Waals surface area contributed by atoms with Crippen molar-refractivity contribution in [1.29, 1.82) is 5.26 Å². The number of amides is 1. The zero-order valence-corrected chi connectivity index (χ0v) is 11.4. The van der Waals surface area contributed by atoms with Gasteiger partial charge in [-0.1, -0.05) is 6.07 Å². The fraction of sp³-hybridized carbons (Fsp3) is 0.400. The van der Waals surface area contributed by atoms with E-state index in [1.54, 1.807) is 24.3 Å². The molecule has 0 bridgehead atoms. The van der Waals surface area contributed by atoms with Gasteiger partial charge in [-0.3, -0.25) is 9.59 Å². The van der Waals surface area contributed by atoms with Crippen LogP contribution in [-0.4, -0.2) is 23.6 Å². The van der Waals surface area contributed by atoms with Crippen molar-refractivity contribution in [2.75, 3.05) is 11.9 Å². The van der Waals surface area contributed by atoms with Gasteiger partial charge < -0.3 is 15.2 Å². The Bertz CT molecular complexity index is 579. The Labute approximate surface area is 122 Å². The molecule has 2 atom stereocenters. The molecule has 6 heteroatoms. The molecule has 110 valence electrons. The van der Waals surface area contributed by atoms with E-state index in [0.29, 0.717) is 30.7 Å². The summed E-state index contributed by atoms with van der Waals surface area (Å²) in [7, 11) is 0. The summed E-state index contributed by atoms with van der Waals surface area (Å²) >= 11 is 0. The van der Waals surface area contributed by atoms with Gasteiger partial charge in [-0.15, -0.1) is 0 Å². The second kappa shape index (κ2) is 6.75. The normalized spacial score (nSPS) is 20.5. The van der Waals surface area contributed by atoms with Crippen LogP contribution in [0.25, 0.3) is 0 Å². The van der Waals surface area contributed by atoms with E-state index in [9.17, 15) is 9.59 Å². The first-order valence-electron chi connectivity index (χ1n) is 6.73. The zero-order valence-electron chi connectivity index (χ0n) is 11.4. The lowest BCUT2D eigenvalue weighted by molar-refractivity contribution is -0.141. The second-order valence-electron chi connectivity index (χ2n) is 5.01. The predicted octanol–water partition coefficient (Wildman–Crippen LogP) is 2.03. The second-order valence-corrected chi connectivity index (χ2v) is 5.01. The molecule has 1 amide bonds. The predicted molar refractivity (Wildman–Crippen MR) is 74.6 cm³/mol. The molecule has 1 fully saturated rings. The highest BCUT2D eigenvalue weighted by molar-refractivity contribution is 5.93. The van der Waals surface area contributed by atoms with Gasteiger partial charge in [0.25, 0.3) is 0 Å². The van der Waals surface area contributed by atoms with Crippen molar-refractivity contribution >= 4 is 17.6 Å². The van der Waals surface area contributed by atoms with E-state index in [1.807, 2.05) is 6.07 Å². The molecule has 0 spiro atoms. The number of carboxylic acids is 1. The number of carbonyl (C=O) groups is 2. The minimum atomic E-state index is -0.836. The molecule has 1 aliphatic carbocycles. The van der Waals surface area contributed by atoms with Gasteiger partial charge >= 0.3 is 5.97 Å². The summed E-state index contributed by atoms with van der Waals surface area (Å²) in [6.45, 7) is -0.0552. The fourth-order valence-electron chi connectivity index (χ4n) is 2.47. The van der Waals surface area contributed by atoms with Gasteiger partial charge in [0.15, 0.2) is 6.61 Å². The van der Waals surface area contributed by atoms with E-state index in [2.05, 4.69) is 5.32 Å². The monoisotopic (exact) mass is 288 g/mol. The molecule has 1 aromatic rings. The van der Waals surface area contributed by atoms with Crippen molar-refractivity contribution in [3.63, 3.8) is 0 Å². The molecule has 1 aliphatic rings. The van der Waals surface area contributed by atoms with E-state index in [0.717, 1.165) is 0 Å². The maximum absolute atomic E-state index is 12.1. The van der Waals surface area contributed by atoms with Crippen LogP contribution in [0.2, 0.25) is 0 Å². The highest BCUT2D eigenvalue weighted by Gasteiger charge is 2.33. The zero-order chi connectivity index (χ0) is 15.2. The Morgan fingerprint density at radius 1 is 1.38 bits per heavy atom. The van der Waals surface area contributed by atoms with Crippen LogP contribution in [0, 0.1) is 23.2 Å². The third-order valence-electron chi connectivity index (χ3n) is 3.56. The number of nitrogens with one attached hydrogen (secondary N) is 1. The number of carbonyl (C=O) groups excluding carboxylic acids is 1. The standard InChI is InChI=1S/C15H16N2O4/c16-6-7-21-13-3-1-2-12(9-13)17-14(18)10-4-5-11(8-10)15(19)20/h1-3,9-11H,4-5,7-8H2,(H,17,18)(H,19,20)/t10-,11+/m1/s1. The van der Waals surface area contributed by atoms with Gasteiger partial charge in [-0.25, -0.2) is 0 Å². The number of ether oxygens (including phenoxy) is 1. The molecule has 2 rings (SSSR count). The highest BCUT2D eigenvalue weighted by atomic mass is 16.5. The Kier molecular flexibility index (Phi) is 4.77. The van der Waals surface area contributed by atoms with Gasteiger partial charge in [-0.05, 0) is 31.4 Å². The number of benzene rings is 1. The quantitative estimate of drug-likeness (QED) is 0.863. The van der Waals surface area contributed by atoms with Crippen LogP contribution >= 0.6 is 0 Å². The summed E-state index contributed by atoms with van der Waals surface area (Å²) in [5.41, 5.74) is 0.578. The number of hydrogen-bond donors (Lipinski definition) is 2. The summed E-state index contributed by atoms with van der Waals surface area (Å²) in [4.78, 5) is 23.0. The molecular formula is C15H16N2O4. The number of aliphatic carboxylic acids is 1. The van der Waals surface area contributed by atoms with Crippen molar-refractivity contribution < 1.29 is 19.4 Å². The number of rotatable bonds is 5. The Balaban J connectivity index is 1.94. The highest BCUT2D eigenvalue weighted by Crippen LogP contribution is 2.32. The minimum absolute atomic E-state index is 0.0552. The largest absolute Gasteiger partial charge is 0.481 e. The van der Waals surface area contributed by atoms with E-state index in [1.165, 1.54) is 0 Å². The molecule has 0 unspecified atom stereocenters. The van der Waals surface area contributed by atoms with Gasteiger partial charge in [0.05, 0.1) is 5.92 Å². The maximum atomic E-state index is 12.1. The number of hydrogen-bond acceptors (Lipinski definition) is 4. The summed E-state index contributed by atoms with van der Waals surface area (Å²) in [6, 6.07) is 8.65. The van der Waals surface area contributed by atoms with Gasteiger partial charge in [0, 0.05) is 17.7 Å². The van der Waals surface area contributed by atoms with E-state index < -0.39 is 11.9 Å². The molecule has 0 heterocycles. The molecule has 21 heavy (non-hydrogen) atoms. The topological polar surface area (TPSA) is 99.4 Å². The Morgan fingerprint density at radius 3 is 2.81 bits per heavy atom. The average molecular weight is 288 g/mol. The summed E-state index contributed by atoms with van der Waals surface area (Å²) in [5, 5.41) is 20.2. The fourth-order valence-corrected chi connectivity index (χ4v) is 2.47. The van der Waals surface area contributed by atoms with E-state index >= 15 is 0 Å². The molecule has 6 nitrogen and oxygen atoms in total. The first-order chi connectivity index (χ1) is 10.1. The molecule has 2 N–H and O–H groups in total. The van der Waals surface area contributed by atoms with Crippen molar-refractivity contribution in [2.45, 2.75) is 19.3 Å². The van der Waals surface area contributed by atoms with Crippen molar-refractivity contribution in [3.8, 4) is 11.8 Å². The van der Waals surface area contributed by atoms with Crippen LogP contribution in [0.15, 0.2) is 24.3 Å². The van der Waals surface area contributed by atoms with E-state index in [-0.39, 0.29) is 18.4 Å². The smallest absolute Gasteiger partial charge is 0.306 e. The lowest BCUT2D eigenvalue weighted by atomic mass is 10.0. The summed E-state index contributed by atoms with van der Waals surface area (Å²) in [6.07, 6.45) is 1.51. The summed E-state index contributed by atoms with van der Waals surface area (Å²) < 4.78 is 5.16. The molecular weight excluding hydrogens is 272 g/mol. The first kappa shape index (κ1) is 14.9. The third-order valence-corrected chi connectivity index (χ3v) is 3.56. The van der Waals surface area contributed by atoms with Crippen LogP contribution in [0.1, 0.15) is 19.3 Å². The van der Waals surface area contributed by atoms with Crippen molar-refractivity contribution in [1.82, 2.24) is 0 Å². The third kappa shape index (κ3) is 3.96. The number of nitriles is 1. The van der Waals surface area contributed by atoms with E-state index in [4.69, 9.17) is 15.1 Å². The van der Waals surface area contributed by atoms with Crippen LogP contribution in [0.5, 0.6) is 5.75 Å². The maximum Gasteiger partial charge on any atom is 0.306 e. The summed E-state index contributed by atoms with van der Waals surface area (Å²) in [5.74, 6) is -1.20. The van der Waals surface area contributed by atoms with Crippen LogP contribution < -0.4 is 10.1 Å². The van der Waals surface area contributed by atoms with Crippen molar-refractivity contribution in [3.05, 3.63) is 24.3 Å². The number of carboxylic acid groups (broad SMARTS) is 1. The number of nitrogens with zero attached hydrogens (tertiary/aromatic N) is 1. The molecule has 0 aromatic heterocycles. The lowest BCUT2D eigenvalue weighted by Crippen LogP contribution is -2.21. The molecule has 0 saturated heterocycles. The van der Waals surface area contributed by atoms with Gasteiger partial charge in [0.1, 0.15) is 11.8 Å². The van der Waals surface area contributed by atoms with Crippen LogP contribution in [0.4, 0.5) is 5.69 Å². The lowest BCUT2D eigenvalue weighted by Gasteiger charge is -2.11. The number of anilines is 1. The van der Waals surface area contributed by atoms with Gasteiger partial charge in [-0.2, -0.15) is 5.26 Å². The van der Waals surface area contributed by atoms with Crippen molar-refractivity contribution in [2.24, 2.45) is 11.8 Å². The van der Waals surface area contributed by atoms with Crippen LogP contribution in [-0.2, 0) is 9.59 Å². The van der Waals surface area contributed by atoms with Gasteiger partial charge in [0.2, 0.25) is 5.91 Å². The molecule has 1 saturated carbocycles. The SMILES string of the molecule is N#CCOc1cccc(NC(=O)[C@@H]2CC[C@H](C(=O)O)C2)c1. The Hall–Kier alpha value is -2.55. The minimum Gasteiger partial charge on any atom is -0.481 e. The first-order valence-corrected chi connectivity index (χ1v) is 6.73. The molecule has 0 aliphatic heterocycles.